The Morgan fingerprint density at radius 1 is 0.941 bits per heavy atom. The van der Waals surface area contributed by atoms with Gasteiger partial charge in [0.15, 0.2) is 5.78 Å². The van der Waals surface area contributed by atoms with Gasteiger partial charge in [0.25, 0.3) is 0 Å². The van der Waals surface area contributed by atoms with Crippen LogP contribution in [0.1, 0.15) is 99.3 Å². The van der Waals surface area contributed by atoms with Crippen LogP contribution in [0.4, 0.5) is 0 Å². The van der Waals surface area contributed by atoms with Crippen LogP contribution >= 0.6 is 0 Å². The molecule has 0 N–H and O–H groups in total. The molecule has 5 rings (SSSR count). The second-order valence-electron chi connectivity index (χ2n) is 14.1. The van der Waals surface area contributed by atoms with Crippen LogP contribution < -0.4 is 0 Å². The summed E-state index contributed by atoms with van der Waals surface area (Å²) >= 11 is 0. The molecule has 4 heteroatoms. The van der Waals surface area contributed by atoms with Gasteiger partial charge in [0.1, 0.15) is 5.78 Å². The maximum absolute atomic E-state index is 14.2. The van der Waals surface area contributed by atoms with Crippen LogP contribution in [0.3, 0.4) is 0 Å². The summed E-state index contributed by atoms with van der Waals surface area (Å²) in [5, 5.41) is 0. The number of esters is 1. The second-order valence-corrected chi connectivity index (χ2v) is 14.1. The van der Waals surface area contributed by atoms with Crippen molar-refractivity contribution in [3.8, 4) is 0 Å². The van der Waals surface area contributed by atoms with E-state index in [-0.39, 0.29) is 51.2 Å². The number of Topliss-reactive ketones (excluding diaryl/α,β-unsaturated/α-hetero) is 1. The molecular formula is C30H44O4. The number of ketones is 2. The Balaban J connectivity index is 1.65. The molecule has 188 valence electrons. The van der Waals surface area contributed by atoms with Gasteiger partial charge in [0, 0.05) is 18.3 Å². The van der Waals surface area contributed by atoms with Gasteiger partial charge in [-0.3, -0.25) is 14.4 Å². The Morgan fingerprint density at radius 3 is 2.29 bits per heavy atom. The van der Waals surface area contributed by atoms with E-state index >= 15 is 0 Å². The highest BCUT2D eigenvalue weighted by Crippen LogP contribution is 2.74. The summed E-state index contributed by atoms with van der Waals surface area (Å²) in [6.07, 6.45) is 10.0. The molecule has 0 bridgehead atoms. The van der Waals surface area contributed by atoms with E-state index < -0.39 is 5.41 Å². The molecule has 4 saturated carbocycles. The lowest BCUT2D eigenvalue weighted by atomic mass is 9.34. The highest BCUT2D eigenvalue weighted by Gasteiger charge is 2.70. The average molecular weight is 469 g/mol. The highest BCUT2D eigenvalue weighted by molar-refractivity contribution is 5.96. The summed E-state index contributed by atoms with van der Waals surface area (Å²) in [4.78, 5) is 40.1. The molecule has 3 unspecified atom stereocenters. The van der Waals surface area contributed by atoms with Gasteiger partial charge in [-0.15, -0.1) is 0 Å². The number of hydrogen-bond donors (Lipinski definition) is 0. The molecule has 0 amide bonds. The summed E-state index contributed by atoms with van der Waals surface area (Å²) in [5.74, 6) is 0.811. The first kappa shape index (κ1) is 24.3. The average Bonchev–Trinajstić information content (AvgIpc) is 2.77. The summed E-state index contributed by atoms with van der Waals surface area (Å²) in [7, 11) is 1.51. The van der Waals surface area contributed by atoms with Gasteiger partial charge < -0.3 is 4.74 Å². The molecule has 5 aliphatic rings. The first-order valence-corrected chi connectivity index (χ1v) is 13.6. The van der Waals surface area contributed by atoms with Crippen molar-refractivity contribution in [2.75, 3.05) is 7.11 Å². The summed E-state index contributed by atoms with van der Waals surface area (Å²) < 4.78 is 5.41. The Bertz CT molecular complexity index is 976. The number of methoxy groups -OCH3 is 1. The van der Waals surface area contributed by atoms with Crippen molar-refractivity contribution in [3.63, 3.8) is 0 Å². The number of carbonyl (C=O) groups is 3. The maximum Gasteiger partial charge on any atom is 0.312 e. The molecule has 0 aromatic carbocycles. The van der Waals surface area contributed by atoms with Crippen LogP contribution in [0.5, 0.6) is 0 Å². The molecule has 0 heterocycles. The monoisotopic (exact) mass is 468 g/mol. The number of ether oxygens (including phenoxy) is 1. The summed E-state index contributed by atoms with van der Waals surface area (Å²) in [6.45, 7) is 13.8. The third-order valence-corrected chi connectivity index (χ3v) is 12.3. The van der Waals surface area contributed by atoms with E-state index in [2.05, 4.69) is 41.5 Å². The van der Waals surface area contributed by atoms with Gasteiger partial charge in [-0.05, 0) is 90.9 Å². The van der Waals surface area contributed by atoms with Crippen molar-refractivity contribution in [1.82, 2.24) is 0 Å². The zero-order valence-corrected chi connectivity index (χ0v) is 22.4. The number of carbonyl (C=O) groups excluding carboxylic acids is 3. The van der Waals surface area contributed by atoms with Crippen molar-refractivity contribution >= 4 is 17.5 Å². The molecule has 0 aromatic rings. The van der Waals surface area contributed by atoms with Gasteiger partial charge in [-0.2, -0.15) is 0 Å². The topological polar surface area (TPSA) is 60.4 Å². The van der Waals surface area contributed by atoms with Crippen molar-refractivity contribution in [3.05, 3.63) is 11.6 Å². The summed E-state index contributed by atoms with van der Waals surface area (Å²) in [5.41, 5.74) is 0.559. The Hall–Kier alpha value is -1.45. The molecule has 0 aromatic heterocycles. The van der Waals surface area contributed by atoms with Crippen LogP contribution in [0.2, 0.25) is 0 Å². The van der Waals surface area contributed by atoms with Gasteiger partial charge in [-0.1, -0.05) is 47.1 Å². The zero-order chi connectivity index (χ0) is 24.9. The molecule has 0 aliphatic heterocycles. The maximum atomic E-state index is 14.2. The molecular weight excluding hydrogens is 424 g/mol. The van der Waals surface area contributed by atoms with Crippen molar-refractivity contribution in [1.29, 1.82) is 0 Å². The van der Waals surface area contributed by atoms with Crippen molar-refractivity contribution in [2.45, 2.75) is 99.3 Å². The number of allylic oxidation sites excluding steroid dienone is 2. The molecule has 0 spiro atoms. The molecule has 0 saturated heterocycles. The minimum Gasteiger partial charge on any atom is -0.469 e. The van der Waals surface area contributed by atoms with E-state index in [4.69, 9.17) is 4.74 Å². The minimum absolute atomic E-state index is 0.0296. The van der Waals surface area contributed by atoms with Gasteiger partial charge >= 0.3 is 5.97 Å². The molecule has 4 nitrogen and oxygen atoms in total. The smallest absolute Gasteiger partial charge is 0.312 e. The van der Waals surface area contributed by atoms with Crippen molar-refractivity contribution < 1.29 is 19.1 Å². The van der Waals surface area contributed by atoms with Gasteiger partial charge in [-0.25, -0.2) is 0 Å². The van der Waals surface area contributed by atoms with Gasteiger partial charge in [0.2, 0.25) is 0 Å². The fourth-order valence-electron chi connectivity index (χ4n) is 9.99. The van der Waals surface area contributed by atoms with Gasteiger partial charge in [0.05, 0.1) is 12.5 Å². The molecule has 8 atom stereocenters. The molecule has 4 fully saturated rings. The predicted octanol–water partition coefficient (Wildman–Crippen LogP) is 6.32. The largest absolute Gasteiger partial charge is 0.469 e. The second kappa shape index (κ2) is 7.29. The fraction of sp³-hybridized carbons (Fsp3) is 0.833. The van der Waals surface area contributed by atoms with Crippen LogP contribution in [-0.4, -0.2) is 24.6 Å². The predicted molar refractivity (Wildman–Crippen MR) is 132 cm³/mol. The van der Waals surface area contributed by atoms with E-state index in [1.807, 2.05) is 6.08 Å². The fourth-order valence-corrected chi connectivity index (χ4v) is 9.99. The lowest BCUT2D eigenvalue weighted by Gasteiger charge is -2.68. The standard InChI is InChI=1S/C30H44O4/c1-18-19-8-11-28(5)23(27(19,4)10-9-21(18)31)16-22(32)24-20-17-26(2,3)12-14-30(20,25(33)34-7)15-13-29(24,28)6/h16,18-20,24H,8-15,17H2,1-7H3/t18-,19?,20?,24?,27-,28+,29+,30-/m0/s1. The number of rotatable bonds is 1. The van der Waals surface area contributed by atoms with E-state index in [1.165, 1.54) is 12.7 Å². The zero-order valence-electron chi connectivity index (χ0n) is 22.4. The molecule has 5 aliphatic carbocycles. The highest BCUT2D eigenvalue weighted by atomic mass is 16.5. The van der Waals surface area contributed by atoms with E-state index in [1.54, 1.807) is 0 Å². The Kier molecular flexibility index (Phi) is 5.20. The van der Waals surface area contributed by atoms with E-state index in [0.29, 0.717) is 18.1 Å². The lowest BCUT2D eigenvalue weighted by Crippen LogP contribution is -2.65. The normalized spacial score (nSPS) is 49.7. The molecule has 34 heavy (non-hydrogen) atoms. The van der Waals surface area contributed by atoms with Crippen LogP contribution in [0.15, 0.2) is 11.6 Å². The van der Waals surface area contributed by atoms with Crippen LogP contribution in [0.25, 0.3) is 0 Å². The van der Waals surface area contributed by atoms with Crippen molar-refractivity contribution in [2.24, 2.45) is 50.7 Å². The number of hydrogen-bond acceptors (Lipinski definition) is 4. The third-order valence-electron chi connectivity index (χ3n) is 12.3. The lowest BCUT2D eigenvalue weighted by molar-refractivity contribution is -0.191. The Labute approximate surface area is 205 Å². The number of fused-ring (bicyclic) bond motifs is 7. The first-order valence-electron chi connectivity index (χ1n) is 13.6. The van der Waals surface area contributed by atoms with Crippen LogP contribution in [-0.2, 0) is 19.1 Å². The Morgan fingerprint density at radius 2 is 1.62 bits per heavy atom. The molecule has 0 radical (unpaired) electrons. The summed E-state index contributed by atoms with van der Waals surface area (Å²) in [6, 6.07) is 0. The first-order chi connectivity index (χ1) is 15.8. The third kappa shape index (κ3) is 2.86. The van der Waals surface area contributed by atoms with E-state index in [0.717, 1.165) is 51.4 Å². The van der Waals surface area contributed by atoms with Crippen LogP contribution in [0, 0.1) is 50.7 Å². The SMILES string of the molecule is COC(=O)[C@]12CCC(C)(C)CC1C1C(=O)C=C3[C@@]4(C)CCC(=O)[C@@H](C)C4CC[C@@]3(C)[C@]1(C)CC2. The van der Waals surface area contributed by atoms with E-state index in [9.17, 15) is 14.4 Å². The minimum atomic E-state index is -0.529. The quantitative estimate of drug-likeness (QED) is 0.423.